The Balaban J connectivity index is 1.74. The summed E-state index contributed by atoms with van der Waals surface area (Å²) >= 11 is 0. The largest absolute Gasteiger partial charge is 0.490 e. The first-order chi connectivity index (χ1) is 10.3. The summed E-state index contributed by atoms with van der Waals surface area (Å²) < 4.78 is 5.79. The van der Waals surface area contributed by atoms with Gasteiger partial charge < -0.3 is 10.5 Å². The molecule has 2 nitrogen and oxygen atoms in total. The van der Waals surface area contributed by atoms with Gasteiger partial charge in [0.2, 0.25) is 0 Å². The molecule has 2 unspecified atom stereocenters. The van der Waals surface area contributed by atoms with Gasteiger partial charge in [0.05, 0.1) is 6.10 Å². The van der Waals surface area contributed by atoms with Gasteiger partial charge >= 0.3 is 0 Å². The highest BCUT2D eigenvalue weighted by Gasteiger charge is 2.24. The van der Waals surface area contributed by atoms with Crippen molar-refractivity contribution in [2.75, 3.05) is 0 Å². The highest BCUT2D eigenvalue weighted by Crippen LogP contribution is 2.33. The van der Waals surface area contributed by atoms with Gasteiger partial charge in [-0.1, -0.05) is 49.4 Å². The van der Waals surface area contributed by atoms with Gasteiger partial charge in [-0.05, 0) is 42.5 Å². The fraction of sp³-hybridized carbons (Fsp3) is 0.368. The lowest BCUT2D eigenvalue weighted by Crippen LogP contribution is -2.19. The summed E-state index contributed by atoms with van der Waals surface area (Å²) in [7, 11) is 0. The molecule has 0 saturated heterocycles. The number of hydrogen-bond acceptors (Lipinski definition) is 2. The number of hydrogen-bond donors (Lipinski definition) is 1. The van der Waals surface area contributed by atoms with E-state index in [2.05, 4.69) is 43.3 Å². The van der Waals surface area contributed by atoms with E-state index >= 15 is 0 Å². The summed E-state index contributed by atoms with van der Waals surface area (Å²) in [6, 6.07) is 18.9. The number of rotatable bonds is 6. The maximum atomic E-state index is 6.50. The second-order valence-electron chi connectivity index (χ2n) is 5.84. The zero-order valence-electron chi connectivity index (χ0n) is 12.5. The van der Waals surface area contributed by atoms with Gasteiger partial charge in [0.25, 0.3) is 0 Å². The van der Waals surface area contributed by atoms with E-state index in [0.717, 1.165) is 12.2 Å². The Kier molecular flexibility index (Phi) is 4.26. The standard InChI is InChI=1S/C19H23NO/c1-2-18(14-6-4-3-5-7-14)19(20)15-8-10-16(11-9-15)21-17-12-13-17/h3-11,17-19H,2,12-13,20H2,1H3. The van der Waals surface area contributed by atoms with Gasteiger partial charge in [-0.2, -0.15) is 0 Å². The molecule has 21 heavy (non-hydrogen) atoms. The van der Waals surface area contributed by atoms with Gasteiger partial charge in [0.1, 0.15) is 5.75 Å². The Morgan fingerprint density at radius 2 is 1.67 bits per heavy atom. The Bertz CT molecular complexity index is 560. The minimum atomic E-state index is 0.0207. The fourth-order valence-electron chi connectivity index (χ4n) is 2.78. The van der Waals surface area contributed by atoms with Crippen LogP contribution in [0.4, 0.5) is 0 Å². The van der Waals surface area contributed by atoms with Crippen molar-refractivity contribution in [2.24, 2.45) is 5.73 Å². The van der Waals surface area contributed by atoms with Gasteiger partial charge in [-0.15, -0.1) is 0 Å². The molecule has 1 aliphatic carbocycles. The Hall–Kier alpha value is -1.80. The molecule has 2 atom stereocenters. The summed E-state index contributed by atoms with van der Waals surface area (Å²) in [5, 5.41) is 0. The minimum absolute atomic E-state index is 0.0207. The molecule has 0 bridgehead atoms. The molecule has 0 heterocycles. The van der Waals surface area contributed by atoms with E-state index in [1.807, 2.05) is 18.2 Å². The van der Waals surface area contributed by atoms with Gasteiger partial charge in [-0.3, -0.25) is 0 Å². The Morgan fingerprint density at radius 3 is 2.24 bits per heavy atom. The summed E-state index contributed by atoms with van der Waals surface area (Å²) in [5.74, 6) is 1.31. The topological polar surface area (TPSA) is 35.2 Å². The first kappa shape index (κ1) is 14.2. The van der Waals surface area contributed by atoms with Crippen molar-refractivity contribution in [3.8, 4) is 5.75 Å². The molecule has 110 valence electrons. The van der Waals surface area contributed by atoms with E-state index in [0.29, 0.717) is 12.0 Å². The van der Waals surface area contributed by atoms with E-state index in [1.54, 1.807) is 0 Å². The molecule has 0 spiro atoms. The molecule has 1 fully saturated rings. The Morgan fingerprint density at radius 1 is 1.00 bits per heavy atom. The lowest BCUT2D eigenvalue weighted by Gasteiger charge is -2.23. The molecule has 0 amide bonds. The molecular formula is C19H23NO. The molecule has 0 radical (unpaired) electrons. The average molecular weight is 281 g/mol. The monoisotopic (exact) mass is 281 g/mol. The second-order valence-corrected chi connectivity index (χ2v) is 5.84. The molecule has 0 aliphatic heterocycles. The smallest absolute Gasteiger partial charge is 0.119 e. The highest BCUT2D eigenvalue weighted by atomic mass is 16.5. The maximum absolute atomic E-state index is 6.50. The molecule has 1 aliphatic rings. The SMILES string of the molecule is CCC(c1ccccc1)C(N)c1ccc(OC2CC2)cc1. The van der Waals surface area contributed by atoms with Crippen molar-refractivity contribution >= 4 is 0 Å². The fourth-order valence-corrected chi connectivity index (χ4v) is 2.78. The van der Waals surface area contributed by atoms with E-state index in [9.17, 15) is 0 Å². The molecule has 3 rings (SSSR count). The van der Waals surface area contributed by atoms with Crippen LogP contribution >= 0.6 is 0 Å². The van der Waals surface area contributed by atoms with Crippen LogP contribution in [0.25, 0.3) is 0 Å². The van der Waals surface area contributed by atoms with Crippen molar-refractivity contribution < 1.29 is 4.74 Å². The van der Waals surface area contributed by atoms with Crippen molar-refractivity contribution in [1.29, 1.82) is 0 Å². The van der Waals surface area contributed by atoms with E-state index in [1.165, 1.54) is 24.0 Å². The van der Waals surface area contributed by atoms with Crippen molar-refractivity contribution in [2.45, 2.75) is 44.2 Å². The van der Waals surface area contributed by atoms with Crippen LogP contribution in [0.1, 0.15) is 49.3 Å². The van der Waals surface area contributed by atoms with Crippen LogP contribution in [0.3, 0.4) is 0 Å². The van der Waals surface area contributed by atoms with Crippen LogP contribution in [-0.4, -0.2) is 6.10 Å². The number of ether oxygens (including phenoxy) is 1. The zero-order chi connectivity index (χ0) is 14.7. The normalized spacial score (nSPS) is 17.2. The molecule has 1 saturated carbocycles. The second kappa shape index (κ2) is 6.31. The van der Waals surface area contributed by atoms with Crippen LogP contribution in [0, 0.1) is 0 Å². The predicted molar refractivity (Wildman–Crippen MR) is 86.5 cm³/mol. The maximum Gasteiger partial charge on any atom is 0.119 e. The lowest BCUT2D eigenvalue weighted by molar-refractivity contribution is 0.303. The third-order valence-corrected chi connectivity index (χ3v) is 4.19. The predicted octanol–water partition coefficient (Wildman–Crippen LogP) is 4.42. The summed E-state index contributed by atoms with van der Waals surface area (Å²) in [4.78, 5) is 0. The van der Waals surface area contributed by atoms with Crippen LogP contribution < -0.4 is 10.5 Å². The van der Waals surface area contributed by atoms with Crippen molar-refractivity contribution in [3.63, 3.8) is 0 Å². The molecule has 2 N–H and O–H groups in total. The third kappa shape index (κ3) is 3.45. The van der Waals surface area contributed by atoms with E-state index in [4.69, 9.17) is 10.5 Å². The minimum Gasteiger partial charge on any atom is -0.490 e. The molecular weight excluding hydrogens is 258 g/mol. The van der Waals surface area contributed by atoms with Crippen molar-refractivity contribution in [3.05, 3.63) is 65.7 Å². The van der Waals surface area contributed by atoms with Gasteiger partial charge in [0.15, 0.2) is 0 Å². The molecule has 2 aromatic rings. The molecule has 0 aromatic heterocycles. The number of benzene rings is 2. The first-order valence-electron chi connectivity index (χ1n) is 7.85. The van der Waals surface area contributed by atoms with Gasteiger partial charge in [0, 0.05) is 12.0 Å². The molecule has 2 heteroatoms. The van der Waals surface area contributed by atoms with Crippen LogP contribution in [0.15, 0.2) is 54.6 Å². The quantitative estimate of drug-likeness (QED) is 0.850. The molecule has 2 aromatic carbocycles. The summed E-state index contributed by atoms with van der Waals surface area (Å²) in [6.45, 7) is 2.20. The van der Waals surface area contributed by atoms with Crippen molar-refractivity contribution in [1.82, 2.24) is 0 Å². The summed E-state index contributed by atoms with van der Waals surface area (Å²) in [5.41, 5.74) is 8.99. The Labute approximate surface area is 126 Å². The first-order valence-corrected chi connectivity index (χ1v) is 7.85. The third-order valence-electron chi connectivity index (χ3n) is 4.19. The number of nitrogens with two attached hydrogens (primary N) is 1. The zero-order valence-corrected chi connectivity index (χ0v) is 12.5. The lowest BCUT2D eigenvalue weighted by atomic mass is 9.86. The van der Waals surface area contributed by atoms with Crippen LogP contribution in [0.2, 0.25) is 0 Å². The van der Waals surface area contributed by atoms with Crippen LogP contribution in [0.5, 0.6) is 5.75 Å². The average Bonchev–Trinajstić information content (AvgIpc) is 3.34. The van der Waals surface area contributed by atoms with Gasteiger partial charge in [-0.25, -0.2) is 0 Å². The van der Waals surface area contributed by atoms with E-state index in [-0.39, 0.29) is 6.04 Å². The highest BCUT2D eigenvalue weighted by molar-refractivity contribution is 5.32. The van der Waals surface area contributed by atoms with E-state index < -0.39 is 0 Å². The summed E-state index contributed by atoms with van der Waals surface area (Å²) in [6.07, 6.45) is 3.85. The van der Waals surface area contributed by atoms with Crippen LogP contribution in [-0.2, 0) is 0 Å².